The minimum absolute atomic E-state index is 0.0390. The average molecular weight is 368 g/mol. The fourth-order valence-electron chi connectivity index (χ4n) is 2.16. The second-order valence-corrected chi connectivity index (χ2v) is 6.39. The van der Waals surface area contributed by atoms with Crippen LogP contribution in [0, 0.1) is 0 Å². The molecule has 1 atom stereocenters. The first-order valence-electron chi connectivity index (χ1n) is 7.13. The Labute approximate surface area is 144 Å². The van der Waals surface area contributed by atoms with Crippen LogP contribution >= 0.6 is 11.8 Å². The van der Waals surface area contributed by atoms with Gasteiger partial charge < -0.3 is 4.74 Å². The highest BCUT2D eigenvalue weighted by Crippen LogP contribution is 2.30. The second kappa shape index (κ2) is 6.75. The standard InChI is InChI=1S/C16H11F3N2O3S/c17-16(18,19)10-3-6-13(20-8-10)24-11-4-1-9(2-5-11)7-12-14(22)21-15(23)25-12/h1-6,8,12H,7H2,(H,21,22,23). The lowest BCUT2D eigenvalue weighted by Gasteiger charge is -2.09. The maximum absolute atomic E-state index is 12.5. The average Bonchev–Trinajstić information content (AvgIpc) is 2.86. The van der Waals surface area contributed by atoms with Crippen molar-refractivity contribution in [3.05, 3.63) is 53.7 Å². The van der Waals surface area contributed by atoms with Crippen LogP contribution in [-0.2, 0) is 17.4 Å². The smallest absolute Gasteiger partial charge is 0.417 e. The summed E-state index contributed by atoms with van der Waals surface area (Å²) < 4.78 is 42.8. The summed E-state index contributed by atoms with van der Waals surface area (Å²) in [4.78, 5) is 26.3. The number of halogens is 3. The highest BCUT2D eigenvalue weighted by Gasteiger charge is 2.32. The van der Waals surface area contributed by atoms with Crippen LogP contribution in [0.1, 0.15) is 11.1 Å². The molecule has 2 heterocycles. The Balaban J connectivity index is 1.63. The second-order valence-electron chi connectivity index (χ2n) is 5.22. The van der Waals surface area contributed by atoms with Crippen LogP contribution in [0.5, 0.6) is 11.6 Å². The lowest BCUT2D eigenvalue weighted by molar-refractivity contribution is -0.137. The van der Waals surface area contributed by atoms with E-state index in [-0.39, 0.29) is 17.0 Å². The maximum Gasteiger partial charge on any atom is 0.417 e. The molecule has 0 aliphatic carbocycles. The Hall–Kier alpha value is -2.55. The molecule has 1 aliphatic heterocycles. The molecule has 0 radical (unpaired) electrons. The Kier molecular flexibility index (Phi) is 4.67. The Morgan fingerprint density at radius 2 is 1.84 bits per heavy atom. The summed E-state index contributed by atoms with van der Waals surface area (Å²) in [5.41, 5.74) is -0.0211. The lowest BCUT2D eigenvalue weighted by atomic mass is 10.1. The summed E-state index contributed by atoms with van der Waals surface area (Å²) in [6, 6.07) is 8.71. The third-order valence-electron chi connectivity index (χ3n) is 3.40. The number of nitrogens with one attached hydrogen (secondary N) is 1. The van der Waals surface area contributed by atoms with E-state index in [1.54, 1.807) is 24.3 Å². The normalized spacial score (nSPS) is 17.5. The van der Waals surface area contributed by atoms with Gasteiger partial charge in [0.05, 0.1) is 10.8 Å². The number of amides is 2. The quantitative estimate of drug-likeness (QED) is 0.889. The minimum atomic E-state index is -4.45. The molecule has 1 aromatic heterocycles. The zero-order chi connectivity index (χ0) is 18.0. The third kappa shape index (κ3) is 4.30. The number of benzene rings is 1. The van der Waals surface area contributed by atoms with Gasteiger partial charge in [-0.1, -0.05) is 23.9 Å². The van der Waals surface area contributed by atoms with E-state index in [0.717, 1.165) is 29.5 Å². The van der Waals surface area contributed by atoms with E-state index in [1.807, 2.05) is 0 Å². The fourth-order valence-corrected chi connectivity index (χ4v) is 3.02. The van der Waals surface area contributed by atoms with Crippen molar-refractivity contribution in [2.75, 3.05) is 0 Å². The summed E-state index contributed by atoms with van der Waals surface area (Å²) in [5.74, 6) is 0.122. The molecule has 25 heavy (non-hydrogen) atoms. The Bertz CT molecular complexity index is 792. The lowest BCUT2D eigenvalue weighted by Crippen LogP contribution is -2.25. The molecule has 0 saturated carbocycles. The van der Waals surface area contributed by atoms with Crippen LogP contribution < -0.4 is 10.1 Å². The van der Waals surface area contributed by atoms with Crippen molar-refractivity contribution in [1.82, 2.24) is 10.3 Å². The van der Waals surface area contributed by atoms with Gasteiger partial charge in [-0.2, -0.15) is 13.2 Å². The van der Waals surface area contributed by atoms with Gasteiger partial charge in [0, 0.05) is 12.3 Å². The van der Waals surface area contributed by atoms with Gasteiger partial charge in [-0.15, -0.1) is 0 Å². The van der Waals surface area contributed by atoms with Gasteiger partial charge in [0.15, 0.2) is 0 Å². The molecule has 1 fully saturated rings. The number of carbonyl (C=O) groups excluding carboxylic acids is 2. The first-order chi connectivity index (χ1) is 11.8. The summed E-state index contributed by atoms with van der Waals surface area (Å²) in [5, 5.41) is 1.40. The van der Waals surface area contributed by atoms with E-state index in [1.165, 1.54) is 0 Å². The van der Waals surface area contributed by atoms with Crippen LogP contribution in [0.25, 0.3) is 0 Å². The molecule has 1 saturated heterocycles. The Morgan fingerprint density at radius 3 is 2.36 bits per heavy atom. The van der Waals surface area contributed by atoms with Crippen molar-refractivity contribution in [2.45, 2.75) is 17.8 Å². The molecule has 0 bridgehead atoms. The SMILES string of the molecule is O=C1NC(=O)C(Cc2ccc(Oc3ccc(C(F)(F)F)cn3)cc2)S1. The van der Waals surface area contributed by atoms with Gasteiger partial charge in [-0.3, -0.25) is 14.9 Å². The van der Waals surface area contributed by atoms with Crippen molar-refractivity contribution in [3.63, 3.8) is 0 Å². The number of aromatic nitrogens is 1. The third-order valence-corrected chi connectivity index (χ3v) is 4.38. The molecule has 1 aliphatic rings. The summed E-state index contributed by atoms with van der Waals surface area (Å²) >= 11 is 0.946. The van der Waals surface area contributed by atoms with Crippen LogP contribution in [0.4, 0.5) is 18.0 Å². The molecule has 0 spiro atoms. The topological polar surface area (TPSA) is 68.3 Å². The van der Waals surface area contributed by atoms with Gasteiger partial charge in [0.1, 0.15) is 5.75 Å². The predicted octanol–water partition coefficient (Wildman–Crippen LogP) is 3.79. The first-order valence-corrected chi connectivity index (χ1v) is 8.01. The molecule has 1 unspecified atom stereocenters. The maximum atomic E-state index is 12.5. The molecule has 1 N–H and O–H groups in total. The highest BCUT2D eigenvalue weighted by atomic mass is 32.2. The van der Waals surface area contributed by atoms with E-state index in [0.29, 0.717) is 18.4 Å². The van der Waals surface area contributed by atoms with Gasteiger partial charge in [0.25, 0.3) is 5.24 Å². The van der Waals surface area contributed by atoms with E-state index >= 15 is 0 Å². The number of alkyl halides is 3. The summed E-state index contributed by atoms with van der Waals surface area (Å²) in [6.07, 6.45) is -3.35. The summed E-state index contributed by atoms with van der Waals surface area (Å²) in [7, 11) is 0. The molecule has 130 valence electrons. The number of hydrogen-bond acceptors (Lipinski definition) is 5. The number of ether oxygens (including phenoxy) is 1. The highest BCUT2D eigenvalue weighted by molar-refractivity contribution is 8.15. The minimum Gasteiger partial charge on any atom is -0.439 e. The number of hydrogen-bond donors (Lipinski definition) is 1. The largest absolute Gasteiger partial charge is 0.439 e. The number of imide groups is 1. The van der Waals surface area contributed by atoms with Crippen molar-refractivity contribution in [2.24, 2.45) is 0 Å². The number of carbonyl (C=O) groups is 2. The zero-order valence-corrected chi connectivity index (χ0v) is 13.4. The molecule has 5 nitrogen and oxygen atoms in total. The molecule has 2 aromatic rings. The number of nitrogens with zero attached hydrogens (tertiary/aromatic N) is 1. The van der Waals surface area contributed by atoms with E-state index < -0.39 is 17.0 Å². The fraction of sp³-hybridized carbons (Fsp3) is 0.188. The van der Waals surface area contributed by atoms with Gasteiger partial charge in [0.2, 0.25) is 11.8 Å². The van der Waals surface area contributed by atoms with E-state index in [2.05, 4.69) is 10.3 Å². The van der Waals surface area contributed by atoms with Crippen LogP contribution in [0.2, 0.25) is 0 Å². The van der Waals surface area contributed by atoms with Crippen LogP contribution in [-0.4, -0.2) is 21.4 Å². The van der Waals surface area contributed by atoms with Crippen LogP contribution in [0.3, 0.4) is 0 Å². The molecule has 3 rings (SSSR count). The van der Waals surface area contributed by atoms with E-state index in [4.69, 9.17) is 4.74 Å². The van der Waals surface area contributed by atoms with Gasteiger partial charge in [-0.25, -0.2) is 4.98 Å². The van der Waals surface area contributed by atoms with Crippen molar-refractivity contribution < 1.29 is 27.5 Å². The van der Waals surface area contributed by atoms with Gasteiger partial charge in [-0.05, 0) is 30.2 Å². The molecule has 9 heteroatoms. The number of rotatable bonds is 4. The van der Waals surface area contributed by atoms with Crippen molar-refractivity contribution in [3.8, 4) is 11.6 Å². The molecule has 2 amide bonds. The Morgan fingerprint density at radius 1 is 1.12 bits per heavy atom. The zero-order valence-electron chi connectivity index (χ0n) is 12.5. The number of pyridine rings is 1. The first kappa shape index (κ1) is 17.3. The van der Waals surface area contributed by atoms with Crippen LogP contribution in [0.15, 0.2) is 42.6 Å². The van der Waals surface area contributed by atoms with Crippen molar-refractivity contribution >= 4 is 22.9 Å². The molecular weight excluding hydrogens is 357 g/mol. The molecular formula is C16H11F3N2O3S. The van der Waals surface area contributed by atoms with Gasteiger partial charge >= 0.3 is 6.18 Å². The predicted molar refractivity (Wildman–Crippen MR) is 84.4 cm³/mol. The van der Waals surface area contributed by atoms with Crippen molar-refractivity contribution in [1.29, 1.82) is 0 Å². The molecule has 1 aromatic carbocycles. The number of thioether (sulfide) groups is 1. The monoisotopic (exact) mass is 368 g/mol. The summed E-state index contributed by atoms with van der Waals surface area (Å²) in [6.45, 7) is 0. The van der Waals surface area contributed by atoms with E-state index in [9.17, 15) is 22.8 Å².